The Morgan fingerprint density at radius 1 is 0.933 bits per heavy atom. The normalized spacial score (nSPS) is 14.5. The number of nitrogens with zero attached hydrogens (tertiary/aromatic N) is 3. The predicted molar refractivity (Wildman–Crippen MR) is 115 cm³/mol. The summed E-state index contributed by atoms with van der Waals surface area (Å²) < 4.78 is 13.3. The molecule has 5 nitrogen and oxygen atoms in total. The van der Waals surface area contributed by atoms with Gasteiger partial charge in [0.05, 0.1) is 6.42 Å². The molecule has 160 valence electrons. The second kappa shape index (κ2) is 10.9. The van der Waals surface area contributed by atoms with Gasteiger partial charge in [-0.2, -0.15) is 0 Å². The Labute approximate surface area is 178 Å². The number of benzene rings is 2. The van der Waals surface area contributed by atoms with E-state index in [4.69, 9.17) is 0 Å². The van der Waals surface area contributed by atoms with Crippen LogP contribution in [-0.4, -0.2) is 65.8 Å². The molecule has 3 rings (SSSR count). The molecule has 0 atom stereocenters. The standard InChI is InChI=1S/C24H30FN3O2/c1-2-23(29)27-15-12-26(13-16-27)14-17-28(19-21-8-10-22(25)11-9-21)24(30)18-20-6-4-3-5-7-20/h3-11H,2,12-19H2,1H3. The van der Waals surface area contributed by atoms with Crippen LogP contribution >= 0.6 is 0 Å². The van der Waals surface area contributed by atoms with Crippen molar-refractivity contribution in [3.05, 3.63) is 71.5 Å². The molecule has 1 fully saturated rings. The van der Waals surface area contributed by atoms with E-state index in [2.05, 4.69) is 4.90 Å². The van der Waals surface area contributed by atoms with E-state index in [-0.39, 0.29) is 17.6 Å². The molecule has 0 aromatic heterocycles. The third-order valence-electron chi connectivity index (χ3n) is 5.55. The Morgan fingerprint density at radius 2 is 1.60 bits per heavy atom. The summed E-state index contributed by atoms with van der Waals surface area (Å²) in [5, 5.41) is 0. The van der Waals surface area contributed by atoms with Gasteiger partial charge in [0.15, 0.2) is 0 Å². The lowest BCUT2D eigenvalue weighted by Crippen LogP contribution is -2.50. The summed E-state index contributed by atoms with van der Waals surface area (Å²) in [5.74, 6) is -0.0173. The molecular weight excluding hydrogens is 381 g/mol. The zero-order chi connectivity index (χ0) is 21.3. The largest absolute Gasteiger partial charge is 0.340 e. The van der Waals surface area contributed by atoms with Crippen molar-refractivity contribution < 1.29 is 14.0 Å². The first kappa shape index (κ1) is 22.0. The van der Waals surface area contributed by atoms with Gasteiger partial charge in [0, 0.05) is 52.2 Å². The molecular formula is C24H30FN3O2. The monoisotopic (exact) mass is 411 g/mol. The fourth-order valence-electron chi connectivity index (χ4n) is 3.69. The Kier molecular flexibility index (Phi) is 7.97. The van der Waals surface area contributed by atoms with Crippen LogP contribution in [0.25, 0.3) is 0 Å². The molecule has 0 radical (unpaired) electrons. The van der Waals surface area contributed by atoms with Crippen molar-refractivity contribution >= 4 is 11.8 Å². The molecule has 1 saturated heterocycles. The van der Waals surface area contributed by atoms with Crippen LogP contribution in [0.4, 0.5) is 4.39 Å². The third kappa shape index (κ3) is 6.39. The number of amides is 2. The molecule has 0 aliphatic carbocycles. The van der Waals surface area contributed by atoms with E-state index in [9.17, 15) is 14.0 Å². The highest BCUT2D eigenvalue weighted by Gasteiger charge is 2.21. The van der Waals surface area contributed by atoms with E-state index in [0.717, 1.165) is 43.9 Å². The van der Waals surface area contributed by atoms with Crippen LogP contribution < -0.4 is 0 Å². The van der Waals surface area contributed by atoms with Crippen LogP contribution in [0, 0.1) is 5.82 Å². The molecule has 0 spiro atoms. The van der Waals surface area contributed by atoms with Crippen molar-refractivity contribution in [1.82, 2.24) is 14.7 Å². The molecule has 2 aromatic rings. The fraction of sp³-hybridized carbons (Fsp3) is 0.417. The highest BCUT2D eigenvalue weighted by atomic mass is 19.1. The van der Waals surface area contributed by atoms with E-state index in [1.807, 2.05) is 47.1 Å². The maximum atomic E-state index is 13.3. The van der Waals surface area contributed by atoms with Gasteiger partial charge < -0.3 is 9.80 Å². The number of piperazine rings is 1. The molecule has 1 aliphatic heterocycles. The molecule has 0 N–H and O–H groups in total. The number of carbonyl (C=O) groups excluding carboxylic acids is 2. The predicted octanol–water partition coefficient (Wildman–Crippen LogP) is 2.95. The van der Waals surface area contributed by atoms with Crippen LogP contribution in [-0.2, 0) is 22.6 Å². The van der Waals surface area contributed by atoms with Crippen LogP contribution in [0.2, 0.25) is 0 Å². The average Bonchev–Trinajstić information content (AvgIpc) is 2.78. The van der Waals surface area contributed by atoms with E-state index in [1.54, 1.807) is 12.1 Å². The van der Waals surface area contributed by atoms with E-state index in [1.165, 1.54) is 12.1 Å². The summed E-state index contributed by atoms with van der Waals surface area (Å²) in [5.41, 5.74) is 1.90. The van der Waals surface area contributed by atoms with Crippen molar-refractivity contribution in [2.75, 3.05) is 39.3 Å². The second-order valence-corrected chi connectivity index (χ2v) is 7.68. The average molecular weight is 412 g/mol. The second-order valence-electron chi connectivity index (χ2n) is 7.68. The minimum absolute atomic E-state index is 0.0605. The topological polar surface area (TPSA) is 43.9 Å². The molecule has 2 aromatic carbocycles. The van der Waals surface area contributed by atoms with Gasteiger partial charge >= 0.3 is 0 Å². The van der Waals surface area contributed by atoms with Gasteiger partial charge in [0.2, 0.25) is 11.8 Å². The van der Waals surface area contributed by atoms with Crippen molar-refractivity contribution in [3.63, 3.8) is 0 Å². The summed E-state index contributed by atoms with van der Waals surface area (Å²) >= 11 is 0. The molecule has 30 heavy (non-hydrogen) atoms. The lowest BCUT2D eigenvalue weighted by Gasteiger charge is -2.36. The molecule has 0 unspecified atom stereocenters. The lowest BCUT2D eigenvalue weighted by molar-refractivity contribution is -0.132. The van der Waals surface area contributed by atoms with Gasteiger partial charge in [-0.3, -0.25) is 14.5 Å². The molecule has 0 bridgehead atoms. The zero-order valence-electron chi connectivity index (χ0n) is 17.6. The SMILES string of the molecule is CCC(=O)N1CCN(CCN(Cc2ccc(F)cc2)C(=O)Cc2ccccc2)CC1. The van der Waals surface area contributed by atoms with E-state index in [0.29, 0.717) is 25.9 Å². The van der Waals surface area contributed by atoms with Gasteiger partial charge in [0.1, 0.15) is 5.82 Å². The molecule has 0 saturated carbocycles. The molecule has 1 aliphatic rings. The van der Waals surface area contributed by atoms with E-state index < -0.39 is 0 Å². The van der Waals surface area contributed by atoms with Crippen molar-refractivity contribution in [2.45, 2.75) is 26.3 Å². The summed E-state index contributed by atoms with van der Waals surface area (Å²) in [6, 6.07) is 16.0. The van der Waals surface area contributed by atoms with Crippen LogP contribution in [0.5, 0.6) is 0 Å². The smallest absolute Gasteiger partial charge is 0.227 e. The first-order chi connectivity index (χ1) is 14.5. The Morgan fingerprint density at radius 3 is 2.23 bits per heavy atom. The van der Waals surface area contributed by atoms with Crippen LogP contribution in [0.1, 0.15) is 24.5 Å². The minimum Gasteiger partial charge on any atom is -0.340 e. The van der Waals surface area contributed by atoms with Gasteiger partial charge in [-0.15, -0.1) is 0 Å². The Bertz CT molecular complexity index is 818. The summed E-state index contributed by atoms with van der Waals surface area (Å²) in [6.07, 6.45) is 0.889. The number of hydrogen-bond donors (Lipinski definition) is 0. The van der Waals surface area contributed by atoms with Crippen LogP contribution in [0.3, 0.4) is 0 Å². The summed E-state index contributed by atoms with van der Waals surface area (Å²) in [6.45, 7) is 6.83. The van der Waals surface area contributed by atoms with Crippen LogP contribution in [0.15, 0.2) is 54.6 Å². The molecule has 1 heterocycles. The first-order valence-corrected chi connectivity index (χ1v) is 10.6. The Balaban J connectivity index is 1.60. The van der Waals surface area contributed by atoms with Gasteiger partial charge in [0.25, 0.3) is 0 Å². The number of hydrogen-bond acceptors (Lipinski definition) is 3. The summed E-state index contributed by atoms with van der Waals surface area (Å²) in [7, 11) is 0. The lowest BCUT2D eigenvalue weighted by atomic mass is 10.1. The Hall–Kier alpha value is -2.73. The van der Waals surface area contributed by atoms with Gasteiger partial charge in [-0.1, -0.05) is 49.4 Å². The fourth-order valence-corrected chi connectivity index (χ4v) is 3.69. The number of rotatable bonds is 8. The van der Waals surface area contributed by atoms with Gasteiger partial charge in [-0.05, 0) is 23.3 Å². The summed E-state index contributed by atoms with van der Waals surface area (Å²) in [4.78, 5) is 30.9. The van der Waals surface area contributed by atoms with Gasteiger partial charge in [-0.25, -0.2) is 4.39 Å². The zero-order valence-corrected chi connectivity index (χ0v) is 17.6. The maximum Gasteiger partial charge on any atom is 0.227 e. The number of carbonyl (C=O) groups is 2. The van der Waals surface area contributed by atoms with Crippen molar-refractivity contribution in [2.24, 2.45) is 0 Å². The number of halogens is 1. The molecule has 6 heteroatoms. The highest BCUT2D eigenvalue weighted by molar-refractivity contribution is 5.78. The quantitative estimate of drug-likeness (QED) is 0.671. The van der Waals surface area contributed by atoms with Crippen molar-refractivity contribution in [3.8, 4) is 0 Å². The van der Waals surface area contributed by atoms with E-state index >= 15 is 0 Å². The highest BCUT2D eigenvalue weighted by Crippen LogP contribution is 2.11. The first-order valence-electron chi connectivity index (χ1n) is 10.6. The third-order valence-corrected chi connectivity index (χ3v) is 5.55. The van der Waals surface area contributed by atoms with Crippen molar-refractivity contribution in [1.29, 1.82) is 0 Å². The minimum atomic E-state index is -0.277. The molecule has 2 amide bonds. The maximum absolute atomic E-state index is 13.3.